The molecule has 2 atom stereocenters. The molecule has 0 aromatic heterocycles. The van der Waals surface area contributed by atoms with E-state index in [1.807, 2.05) is 36.4 Å². The molecule has 0 unspecified atom stereocenters. The van der Waals surface area contributed by atoms with Crippen molar-refractivity contribution in [3.63, 3.8) is 0 Å². The van der Waals surface area contributed by atoms with Crippen molar-refractivity contribution in [3.8, 4) is 11.5 Å². The molecule has 0 aliphatic rings. The average Bonchev–Trinajstić information content (AvgIpc) is 2.58. The molecule has 124 valence electrons. The Morgan fingerprint density at radius 1 is 1.00 bits per heavy atom. The highest BCUT2D eigenvalue weighted by atomic mass is 16.5. The Bertz CT molecular complexity index is 599. The third kappa shape index (κ3) is 4.71. The summed E-state index contributed by atoms with van der Waals surface area (Å²) in [6.45, 7) is 2.28. The molecule has 23 heavy (non-hydrogen) atoms. The number of rotatable bonds is 8. The fourth-order valence-corrected chi connectivity index (χ4v) is 2.64. The Morgan fingerprint density at radius 3 is 2.35 bits per heavy atom. The molecule has 0 heterocycles. The summed E-state index contributed by atoms with van der Waals surface area (Å²) in [5.41, 5.74) is 2.25. The van der Waals surface area contributed by atoms with Crippen molar-refractivity contribution in [2.24, 2.45) is 0 Å². The van der Waals surface area contributed by atoms with E-state index in [2.05, 4.69) is 17.4 Å². The van der Waals surface area contributed by atoms with Crippen LogP contribution in [0.3, 0.4) is 0 Å². The highest BCUT2D eigenvalue weighted by Crippen LogP contribution is 2.35. The number of ether oxygens (including phenoxy) is 2. The van der Waals surface area contributed by atoms with Crippen molar-refractivity contribution in [2.45, 2.75) is 25.5 Å². The van der Waals surface area contributed by atoms with E-state index in [1.54, 1.807) is 21.1 Å². The van der Waals surface area contributed by atoms with Gasteiger partial charge in [-0.15, -0.1) is 0 Å². The number of hydrogen-bond donors (Lipinski definition) is 2. The second-order valence-corrected chi connectivity index (χ2v) is 5.58. The zero-order valence-corrected chi connectivity index (χ0v) is 14.0. The van der Waals surface area contributed by atoms with Gasteiger partial charge in [-0.25, -0.2) is 0 Å². The largest absolute Gasteiger partial charge is 0.493 e. The van der Waals surface area contributed by atoms with Crippen molar-refractivity contribution in [3.05, 3.63) is 59.7 Å². The van der Waals surface area contributed by atoms with Crippen LogP contribution in [0.25, 0.3) is 0 Å². The Hall–Kier alpha value is -2.04. The lowest BCUT2D eigenvalue weighted by Crippen LogP contribution is -2.30. The van der Waals surface area contributed by atoms with Crippen LogP contribution in [0.4, 0.5) is 0 Å². The zero-order valence-electron chi connectivity index (χ0n) is 14.0. The van der Waals surface area contributed by atoms with Gasteiger partial charge in [0.05, 0.1) is 20.3 Å². The fraction of sp³-hybridized carbons (Fsp3) is 0.368. The molecule has 4 nitrogen and oxygen atoms in total. The van der Waals surface area contributed by atoms with Crippen molar-refractivity contribution < 1.29 is 14.6 Å². The summed E-state index contributed by atoms with van der Waals surface area (Å²) in [5, 5.41) is 13.0. The molecule has 2 rings (SSSR count). The molecule has 0 amide bonds. The van der Waals surface area contributed by atoms with E-state index in [-0.39, 0.29) is 6.04 Å². The van der Waals surface area contributed by atoms with Gasteiger partial charge in [-0.3, -0.25) is 0 Å². The molecule has 2 aromatic rings. The number of methoxy groups -OCH3 is 2. The Kier molecular flexibility index (Phi) is 6.44. The van der Waals surface area contributed by atoms with E-state index < -0.39 is 6.10 Å². The number of nitrogens with one attached hydrogen (secondary N) is 1. The average molecular weight is 315 g/mol. The third-order valence-corrected chi connectivity index (χ3v) is 3.75. The molecular weight excluding hydrogens is 290 g/mol. The van der Waals surface area contributed by atoms with Gasteiger partial charge in [0, 0.05) is 18.2 Å². The maximum absolute atomic E-state index is 9.62. The Balaban J connectivity index is 2.32. The van der Waals surface area contributed by atoms with Crippen molar-refractivity contribution >= 4 is 0 Å². The number of aliphatic hydroxyl groups is 1. The van der Waals surface area contributed by atoms with E-state index in [0.717, 1.165) is 17.7 Å². The van der Waals surface area contributed by atoms with Gasteiger partial charge in [-0.2, -0.15) is 0 Å². The monoisotopic (exact) mass is 315 g/mol. The topological polar surface area (TPSA) is 50.7 Å². The minimum atomic E-state index is -0.412. The summed E-state index contributed by atoms with van der Waals surface area (Å²) in [7, 11) is 3.28. The van der Waals surface area contributed by atoms with Crippen molar-refractivity contribution in [1.29, 1.82) is 0 Å². The quantitative estimate of drug-likeness (QED) is 0.786. The second-order valence-electron chi connectivity index (χ2n) is 5.58. The second kappa shape index (κ2) is 8.56. The van der Waals surface area contributed by atoms with Crippen LogP contribution in [0.15, 0.2) is 48.5 Å². The van der Waals surface area contributed by atoms with E-state index in [9.17, 15) is 5.11 Å². The van der Waals surface area contributed by atoms with Crippen molar-refractivity contribution in [2.75, 3.05) is 20.8 Å². The van der Waals surface area contributed by atoms with Crippen molar-refractivity contribution in [1.82, 2.24) is 5.32 Å². The molecule has 0 radical (unpaired) electrons. The minimum Gasteiger partial charge on any atom is -0.493 e. The first kappa shape index (κ1) is 17.3. The van der Waals surface area contributed by atoms with Crippen LogP contribution in [0.1, 0.15) is 24.1 Å². The maximum Gasteiger partial charge on any atom is 0.165 e. The lowest BCUT2D eigenvalue weighted by molar-refractivity contribution is 0.185. The van der Waals surface area contributed by atoms with E-state index in [1.165, 1.54) is 5.56 Å². The number of benzene rings is 2. The van der Waals surface area contributed by atoms with E-state index in [0.29, 0.717) is 12.3 Å². The molecule has 0 spiro atoms. The van der Waals surface area contributed by atoms with Crippen LogP contribution < -0.4 is 14.8 Å². The normalized spacial score (nSPS) is 13.4. The van der Waals surface area contributed by atoms with Gasteiger partial charge in [0.1, 0.15) is 0 Å². The summed E-state index contributed by atoms with van der Waals surface area (Å²) < 4.78 is 11.0. The molecule has 0 saturated carbocycles. The SMILES string of the molecule is COc1cccc([C@H](Cc2ccccc2)NC[C@H](C)O)c1OC. The third-order valence-electron chi connectivity index (χ3n) is 3.75. The molecule has 0 aliphatic heterocycles. The summed E-state index contributed by atoms with van der Waals surface area (Å²) in [4.78, 5) is 0. The number of hydrogen-bond acceptors (Lipinski definition) is 4. The Morgan fingerprint density at radius 2 is 1.74 bits per heavy atom. The van der Waals surface area contributed by atoms with E-state index >= 15 is 0 Å². The van der Waals surface area contributed by atoms with E-state index in [4.69, 9.17) is 9.47 Å². The molecule has 4 heteroatoms. The number of aliphatic hydroxyl groups excluding tert-OH is 1. The Labute approximate surface area is 138 Å². The van der Waals surface area contributed by atoms with Crippen LogP contribution in [0, 0.1) is 0 Å². The fourth-order valence-electron chi connectivity index (χ4n) is 2.64. The molecule has 0 fully saturated rings. The molecule has 0 bridgehead atoms. The van der Waals surface area contributed by atoms with Gasteiger partial charge >= 0.3 is 0 Å². The molecule has 0 saturated heterocycles. The summed E-state index contributed by atoms with van der Waals surface area (Å²) in [5.74, 6) is 1.44. The van der Waals surface area contributed by atoms with Gasteiger partial charge in [-0.1, -0.05) is 42.5 Å². The highest BCUT2D eigenvalue weighted by molar-refractivity contribution is 5.48. The molecule has 2 N–H and O–H groups in total. The lowest BCUT2D eigenvalue weighted by atomic mass is 9.97. The van der Waals surface area contributed by atoms with Gasteiger partial charge in [0.15, 0.2) is 11.5 Å². The zero-order chi connectivity index (χ0) is 16.7. The van der Waals surface area contributed by atoms with Gasteiger partial charge in [-0.05, 0) is 25.0 Å². The van der Waals surface area contributed by atoms with Crippen LogP contribution in [-0.4, -0.2) is 32.0 Å². The first-order valence-corrected chi connectivity index (χ1v) is 7.82. The van der Waals surface area contributed by atoms with Crippen LogP contribution >= 0.6 is 0 Å². The predicted molar refractivity (Wildman–Crippen MR) is 92.1 cm³/mol. The highest BCUT2D eigenvalue weighted by Gasteiger charge is 2.19. The van der Waals surface area contributed by atoms with Gasteiger partial charge in [0.25, 0.3) is 0 Å². The molecule has 0 aliphatic carbocycles. The summed E-state index contributed by atoms with van der Waals surface area (Å²) in [6.07, 6.45) is 0.391. The maximum atomic E-state index is 9.62. The van der Waals surface area contributed by atoms with Gasteiger partial charge in [0.2, 0.25) is 0 Å². The first-order valence-electron chi connectivity index (χ1n) is 7.82. The summed E-state index contributed by atoms with van der Waals surface area (Å²) >= 11 is 0. The van der Waals surface area contributed by atoms with Gasteiger partial charge < -0.3 is 19.9 Å². The lowest BCUT2D eigenvalue weighted by Gasteiger charge is -2.23. The molecule has 2 aromatic carbocycles. The predicted octanol–water partition coefficient (Wildman–Crippen LogP) is 2.96. The minimum absolute atomic E-state index is 0.0250. The van der Waals surface area contributed by atoms with Crippen LogP contribution in [0.5, 0.6) is 11.5 Å². The van der Waals surface area contributed by atoms with Crippen LogP contribution in [-0.2, 0) is 6.42 Å². The smallest absolute Gasteiger partial charge is 0.165 e. The number of para-hydroxylation sites is 1. The molecular formula is C19H25NO3. The first-order chi connectivity index (χ1) is 11.2. The van der Waals surface area contributed by atoms with Crippen LogP contribution in [0.2, 0.25) is 0 Å². The standard InChI is InChI=1S/C19H25NO3/c1-14(21)13-20-17(12-15-8-5-4-6-9-15)16-10-7-11-18(22-2)19(16)23-3/h4-11,14,17,20-21H,12-13H2,1-3H3/t14-,17-/m0/s1. The summed E-state index contributed by atoms with van der Waals surface area (Å²) in [6, 6.07) is 16.2.